The number of guanidine groups is 1. The summed E-state index contributed by atoms with van der Waals surface area (Å²) in [6, 6.07) is 7.62. The Labute approximate surface area is 137 Å². The van der Waals surface area contributed by atoms with Gasteiger partial charge in [0, 0.05) is 19.3 Å². The molecule has 0 radical (unpaired) electrons. The molecule has 0 saturated heterocycles. The Morgan fingerprint density at radius 2 is 2.09 bits per heavy atom. The van der Waals surface area contributed by atoms with E-state index in [-0.39, 0.29) is 0 Å². The molecule has 2 rings (SSSR count). The van der Waals surface area contributed by atoms with Crippen LogP contribution >= 0.6 is 0 Å². The molecule has 6 heteroatoms. The maximum absolute atomic E-state index is 5.94. The van der Waals surface area contributed by atoms with Crippen LogP contribution in [0.1, 0.15) is 23.4 Å². The quantitative estimate of drug-likeness (QED) is 0.487. The number of rotatable bonds is 6. The van der Waals surface area contributed by atoms with Crippen molar-refractivity contribution in [3.8, 4) is 5.75 Å². The van der Waals surface area contributed by atoms with Crippen molar-refractivity contribution in [1.29, 1.82) is 0 Å². The number of nitrogens with one attached hydrogen (secondary N) is 1. The standard InChI is InChI=1S/C17H25N5O/c1-12-14(13(2)22(3)21-12)8-7-11-19-17(18)20-15-9-5-6-10-16(15)23-4/h5-6,9-10H,7-8,11H2,1-4H3,(H3,18,19,20). The lowest BCUT2D eigenvalue weighted by Crippen LogP contribution is -2.23. The van der Waals surface area contributed by atoms with Crippen molar-refractivity contribution in [2.45, 2.75) is 26.7 Å². The lowest BCUT2D eigenvalue weighted by atomic mass is 10.1. The van der Waals surface area contributed by atoms with E-state index in [9.17, 15) is 0 Å². The second-order valence-corrected chi connectivity index (χ2v) is 5.47. The van der Waals surface area contributed by atoms with E-state index >= 15 is 0 Å². The summed E-state index contributed by atoms with van der Waals surface area (Å²) in [5.41, 5.74) is 10.4. The van der Waals surface area contributed by atoms with Crippen molar-refractivity contribution in [2.24, 2.45) is 17.8 Å². The van der Waals surface area contributed by atoms with Gasteiger partial charge in [-0.25, -0.2) is 0 Å². The number of aryl methyl sites for hydroxylation is 2. The number of ether oxygens (including phenoxy) is 1. The number of hydrogen-bond donors (Lipinski definition) is 2. The molecule has 2 aromatic rings. The molecule has 0 unspecified atom stereocenters. The van der Waals surface area contributed by atoms with Crippen molar-refractivity contribution >= 4 is 11.6 Å². The zero-order valence-corrected chi connectivity index (χ0v) is 14.3. The zero-order valence-electron chi connectivity index (χ0n) is 14.3. The summed E-state index contributed by atoms with van der Waals surface area (Å²) in [5.74, 6) is 1.14. The van der Waals surface area contributed by atoms with Crippen molar-refractivity contribution in [3.63, 3.8) is 0 Å². The second-order valence-electron chi connectivity index (χ2n) is 5.47. The predicted molar refractivity (Wildman–Crippen MR) is 94.1 cm³/mol. The third-order valence-electron chi connectivity index (χ3n) is 3.90. The van der Waals surface area contributed by atoms with Gasteiger partial charge >= 0.3 is 0 Å². The maximum Gasteiger partial charge on any atom is 0.193 e. The molecule has 1 aromatic heterocycles. The number of aromatic nitrogens is 2. The number of anilines is 1. The molecule has 124 valence electrons. The highest BCUT2D eigenvalue weighted by Gasteiger charge is 2.08. The summed E-state index contributed by atoms with van der Waals surface area (Å²) in [6.07, 6.45) is 1.89. The average Bonchev–Trinajstić information content (AvgIpc) is 2.77. The van der Waals surface area contributed by atoms with E-state index in [1.54, 1.807) is 7.11 Å². The number of methoxy groups -OCH3 is 1. The van der Waals surface area contributed by atoms with Gasteiger partial charge < -0.3 is 15.8 Å². The SMILES string of the molecule is COc1ccccc1NC(N)=NCCCc1c(C)nn(C)c1C. The lowest BCUT2D eigenvalue weighted by Gasteiger charge is -2.10. The van der Waals surface area contributed by atoms with Gasteiger partial charge in [0.25, 0.3) is 0 Å². The number of nitrogens with two attached hydrogens (primary N) is 1. The highest BCUT2D eigenvalue weighted by Crippen LogP contribution is 2.22. The van der Waals surface area contributed by atoms with Gasteiger partial charge in [-0.3, -0.25) is 9.67 Å². The number of para-hydroxylation sites is 2. The van der Waals surface area contributed by atoms with Gasteiger partial charge in [-0.1, -0.05) is 12.1 Å². The molecule has 23 heavy (non-hydrogen) atoms. The predicted octanol–water partition coefficient (Wildman–Crippen LogP) is 2.40. The van der Waals surface area contributed by atoms with Gasteiger partial charge in [0.05, 0.1) is 18.5 Å². The van der Waals surface area contributed by atoms with Gasteiger partial charge in [-0.15, -0.1) is 0 Å². The van der Waals surface area contributed by atoms with Crippen molar-refractivity contribution in [3.05, 3.63) is 41.2 Å². The van der Waals surface area contributed by atoms with Crippen LogP contribution in [0.2, 0.25) is 0 Å². The summed E-state index contributed by atoms with van der Waals surface area (Å²) in [5, 5.41) is 7.50. The first-order chi connectivity index (χ1) is 11.0. The van der Waals surface area contributed by atoms with Crippen LogP contribution in [0, 0.1) is 13.8 Å². The summed E-state index contributed by atoms with van der Waals surface area (Å²) in [6.45, 7) is 4.81. The minimum absolute atomic E-state index is 0.397. The van der Waals surface area contributed by atoms with Gasteiger partial charge in [0.2, 0.25) is 0 Å². The topological polar surface area (TPSA) is 77.5 Å². The first-order valence-electron chi connectivity index (χ1n) is 7.72. The molecule has 0 saturated carbocycles. The van der Waals surface area contributed by atoms with Gasteiger partial charge in [-0.05, 0) is 44.4 Å². The van der Waals surface area contributed by atoms with Gasteiger partial charge in [0.1, 0.15) is 5.75 Å². The van der Waals surface area contributed by atoms with E-state index in [0.29, 0.717) is 12.5 Å². The van der Waals surface area contributed by atoms with Gasteiger partial charge in [0.15, 0.2) is 5.96 Å². The Bertz CT molecular complexity index is 690. The van der Waals surface area contributed by atoms with Crippen LogP contribution in [0.25, 0.3) is 0 Å². The minimum Gasteiger partial charge on any atom is -0.495 e. The molecule has 3 N–H and O–H groups in total. The molecule has 0 aliphatic carbocycles. The fourth-order valence-electron chi connectivity index (χ4n) is 2.56. The Balaban J connectivity index is 1.88. The smallest absolute Gasteiger partial charge is 0.193 e. The van der Waals surface area contributed by atoms with Crippen LogP contribution in [0.3, 0.4) is 0 Å². The van der Waals surface area contributed by atoms with E-state index in [0.717, 1.165) is 30.0 Å². The molecular formula is C17H25N5O. The fraction of sp³-hybridized carbons (Fsp3) is 0.412. The molecule has 1 aromatic carbocycles. The summed E-state index contributed by atoms with van der Waals surface area (Å²) >= 11 is 0. The van der Waals surface area contributed by atoms with E-state index in [4.69, 9.17) is 10.5 Å². The molecule has 6 nitrogen and oxygen atoms in total. The highest BCUT2D eigenvalue weighted by molar-refractivity contribution is 5.93. The Kier molecular flexibility index (Phi) is 5.62. The first kappa shape index (κ1) is 16.9. The number of hydrogen-bond acceptors (Lipinski definition) is 3. The van der Waals surface area contributed by atoms with Crippen molar-refractivity contribution < 1.29 is 4.74 Å². The summed E-state index contributed by atoms with van der Waals surface area (Å²) in [4.78, 5) is 4.38. The largest absolute Gasteiger partial charge is 0.495 e. The van der Waals surface area contributed by atoms with Crippen molar-refractivity contribution in [1.82, 2.24) is 9.78 Å². The van der Waals surface area contributed by atoms with Crippen LogP contribution in [-0.2, 0) is 13.5 Å². The monoisotopic (exact) mass is 315 g/mol. The summed E-state index contributed by atoms with van der Waals surface area (Å²) < 4.78 is 7.20. The molecular weight excluding hydrogens is 290 g/mol. The van der Waals surface area contributed by atoms with Crippen LogP contribution in [-0.4, -0.2) is 29.4 Å². The molecule has 0 aliphatic heterocycles. The molecule has 0 fully saturated rings. The third kappa shape index (κ3) is 4.25. The van der Waals surface area contributed by atoms with E-state index in [1.165, 1.54) is 11.3 Å². The minimum atomic E-state index is 0.397. The number of aliphatic imine (C=N–C) groups is 1. The molecule has 0 amide bonds. The third-order valence-corrected chi connectivity index (χ3v) is 3.90. The van der Waals surface area contributed by atoms with Crippen LogP contribution in [0.15, 0.2) is 29.3 Å². The molecule has 0 spiro atoms. The molecule has 1 heterocycles. The Morgan fingerprint density at radius 1 is 1.35 bits per heavy atom. The number of nitrogens with zero attached hydrogens (tertiary/aromatic N) is 3. The molecule has 0 aliphatic rings. The normalized spacial score (nSPS) is 11.6. The lowest BCUT2D eigenvalue weighted by molar-refractivity contribution is 0.417. The zero-order chi connectivity index (χ0) is 16.8. The van der Waals surface area contributed by atoms with Crippen LogP contribution < -0.4 is 15.8 Å². The molecule has 0 atom stereocenters. The average molecular weight is 315 g/mol. The van der Waals surface area contributed by atoms with Crippen LogP contribution in [0.4, 0.5) is 5.69 Å². The van der Waals surface area contributed by atoms with Crippen LogP contribution in [0.5, 0.6) is 5.75 Å². The Hall–Kier alpha value is -2.50. The van der Waals surface area contributed by atoms with Gasteiger partial charge in [-0.2, -0.15) is 5.10 Å². The summed E-state index contributed by atoms with van der Waals surface area (Å²) in [7, 11) is 3.60. The second kappa shape index (κ2) is 7.67. The molecule has 0 bridgehead atoms. The maximum atomic E-state index is 5.94. The highest BCUT2D eigenvalue weighted by atomic mass is 16.5. The van der Waals surface area contributed by atoms with E-state index < -0.39 is 0 Å². The fourth-order valence-corrected chi connectivity index (χ4v) is 2.56. The van der Waals surface area contributed by atoms with E-state index in [2.05, 4.69) is 22.3 Å². The number of benzene rings is 1. The van der Waals surface area contributed by atoms with Crippen molar-refractivity contribution in [2.75, 3.05) is 19.0 Å². The first-order valence-corrected chi connectivity index (χ1v) is 7.72. The Morgan fingerprint density at radius 3 is 2.74 bits per heavy atom. The van der Waals surface area contributed by atoms with E-state index in [1.807, 2.05) is 42.9 Å².